The van der Waals surface area contributed by atoms with Crippen LogP contribution < -0.4 is 11.0 Å². The molecule has 5 nitrogen and oxygen atoms in total. The normalized spacial score (nSPS) is 17.3. The SMILES string of the molecule is CNCC1(C(=O)c2ccc3[nH]c(=O)[nH]c3c2)CCC1. The first-order valence-electron chi connectivity index (χ1n) is 6.56. The molecule has 0 amide bonds. The molecule has 0 saturated heterocycles. The Morgan fingerprint density at radius 1 is 1.32 bits per heavy atom. The number of fused-ring (bicyclic) bond motifs is 1. The number of hydrogen-bond acceptors (Lipinski definition) is 3. The van der Waals surface area contributed by atoms with Crippen LogP contribution in [-0.2, 0) is 0 Å². The molecule has 0 bridgehead atoms. The molecule has 1 fully saturated rings. The van der Waals surface area contributed by atoms with E-state index >= 15 is 0 Å². The average Bonchev–Trinajstić information content (AvgIpc) is 2.72. The average molecular weight is 259 g/mol. The first-order valence-corrected chi connectivity index (χ1v) is 6.56. The molecule has 19 heavy (non-hydrogen) atoms. The lowest BCUT2D eigenvalue weighted by Crippen LogP contribution is -2.45. The standard InChI is InChI=1S/C14H17N3O2/c1-15-8-14(5-2-6-14)12(18)9-3-4-10-11(7-9)17-13(19)16-10/h3-4,7,15H,2,5-6,8H2,1H3,(H2,16,17,19). The Hall–Kier alpha value is -1.88. The number of ketones is 1. The predicted octanol–water partition coefficient (Wildman–Crippen LogP) is 1.43. The molecular formula is C14H17N3O2. The minimum Gasteiger partial charge on any atom is -0.319 e. The molecule has 0 unspecified atom stereocenters. The molecule has 1 heterocycles. The van der Waals surface area contributed by atoms with Crippen molar-refractivity contribution in [2.45, 2.75) is 19.3 Å². The van der Waals surface area contributed by atoms with Gasteiger partial charge in [-0.3, -0.25) is 4.79 Å². The smallest absolute Gasteiger partial charge is 0.319 e. The van der Waals surface area contributed by atoms with Crippen molar-refractivity contribution in [2.24, 2.45) is 5.41 Å². The van der Waals surface area contributed by atoms with Gasteiger partial charge < -0.3 is 15.3 Å². The number of hydrogen-bond donors (Lipinski definition) is 3. The van der Waals surface area contributed by atoms with Crippen molar-refractivity contribution in [1.82, 2.24) is 15.3 Å². The van der Waals surface area contributed by atoms with Crippen molar-refractivity contribution < 1.29 is 4.79 Å². The van der Waals surface area contributed by atoms with E-state index in [2.05, 4.69) is 15.3 Å². The largest absolute Gasteiger partial charge is 0.323 e. The lowest BCUT2D eigenvalue weighted by Gasteiger charge is -2.40. The van der Waals surface area contributed by atoms with Gasteiger partial charge in [0.25, 0.3) is 0 Å². The number of carbonyl (C=O) groups excluding carboxylic acids is 1. The van der Waals surface area contributed by atoms with Crippen LogP contribution in [0.5, 0.6) is 0 Å². The summed E-state index contributed by atoms with van der Waals surface area (Å²) in [4.78, 5) is 29.3. The molecule has 5 heteroatoms. The zero-order valence-electron chi connectivity index (χ0n) is 10.9. The van der Waals surface area contributed by atoms with E-state index in [1.807, 2.05) is 7.05 Å². The van der Waals surface area contributed by atoms with E-state index in [1.165, 1.54) is 0 Å². The molecule has 1 aliphatic carbocycles. The van der Waals surface area contributed by atoms with Gasteiger partial charge in [-0.15, -0.1) is 0 Å². The minimum absolute atomic E-state index is 0.178. The highest BCUT2D eigenvalue weighted by atomic mass is 16.1. The first kappa shape index (κ1) is 12.2. The second-order valence-corrected chi connectivity index (χ2v) is 5.33. The van der Waals surface area contributed by atoms with Crippen LogP contribution >= 0.6 is 0 Å². The third-order valence-electron chi connectivity index (χ3n) is 4.09. The number of benzene rings is 1. The van der Waals surface area contributed by atoms with Gasteiger partial charge in [0.1, 0.15) is 0 Å². The van der Waals surface area contributed by atoms with Crippen molar-refractivity contribution in [1.29, 1.82) is 0 Å². The van der Waals surface area contributed by atoms with Crippen molar-refractivity contribution in [3.63, 3.8) is 0 Å². The van der Waals surface area contributed by atoms with Crippen molar-refractivity contribution in [2.75, 3.05) is 13.6 Å². The van der Waals surface area contributed by atoms with Crippen LogP contribution in [0.25, 0.3) is 11.0 Å². The molecule has 0 atom stereocenters. The maximum Gasteiger partial charge on any atom is 0.323 e. The summed E-state index contributed by atoms with van der Waals surface area (Å²) in [6.07, 6.45) is 2.99. The number of aromatic nitrogens is 2. The number of rotatable bonds is 4. The number of aromatic amines is 2. The lowest BCUT2D eigenvalue weighted by molar-refractivity contribution is 0.0614. The van der Waals surface area contributed by atoms with Crippen LogP contribution in [0.4, 0.5) is 0 Å². The molecule has 3 rings (SSSR count). The van der Waals surface area contributed by atoms with E-state index in [1.54, 1.807) is 18.2 Å². The minimum atomic E-state index is -0.251. The summed E-state index contributed by atoms with van der Waals surface area (Å²) in [6, 6.07) is 5.35. The van der Waals surface area contributed by atoms with Crippen LogP contribution in [0, 0.1) is 5.41 Å². The molecule has 0 aliphatic heterocycles. The third-order valence-corrected chi connectivity index (χ3v) is 4.09. The van der Waals surface area contributed by atoms with Crippen LogP contribution in [0.15, 0.2) is 23.0 Å². The van der Waals surface area contributed by atoms with Crippen LogP contribution in [0.2, 0.25) is 0 Å². The van der Waals surface area contributed by atoms with Gasteiger partial charge in [0, 0.05) is 17.5 Å². The summed E-state index contributed by atoms with van der Waals surface area (Å²) in [5.74, 6) is 0.178. The second-order valence-electron chi connectivity index (χ2n) is 5.33. The van der Waals surface area contributed by atoms with Crippen molar-refractivity contribution in [3.05, 3.63) is 34.2 Å². The summed E-state index contributed by atoms with van der Waals surface area (Å²) in [5, 5.41) is 3.12. The zero-order valence-corrected chi connectivity index (χ0v) is 10.9. The van der Waals surface area contributed by atoms with Crippen LogP contribution in [0.1, 0.15) is 29.6 Å². The highest BCUT2D eigenvalue weighted by molar-refractivity contribution is 6.03. The Labute approximate surface area is 110 Å². The van der Waals surface area contributed by atoms with Crippen LogP contribution in [0.3, 0.4) is 0 Å². The Morgan fingerprint density at radius 3 is 2.68 bits per heavy atom. The van der Waals surface area contributed by atoms with E-state index < -0.39 is 0 Å². The number of imidazole rings is 1. The Morgan fingerprint density at radius 2 is 2.05 bits per heavy atom. The molecule has 1 aliphatic rings. The van der Waals surface area contributed by atoms with Crippen molar-refractivity contribution in [3.8, 4) is 0 Å². The fourth-order valence-corrected chi connectivity index (χ4v) is 2.91. The summed E-state index contributed by atoms with van der Waals surface area (Å²) in [5.41, 5.74) is 1.61. The molecule has 100 valence electrons. The highest BCUT2D eigenvalue weighted by Crippen LogP contribution is 2.43. The van der Waals surface area contributed by atoms with Gasteiger partial charge >= 0.3 is 5.69 Å². The molecular weight excluding hydrogens is 242 g/mol. The predicted molar refractivity (Wildman–Crippen MR) is 73.5 cm³/mol. The number of carbonyl (C=O) groups is 1. The third kappa shape index (κ3) is 1.90. The Kier molecular flexibility index (Phi) is 2.78. The van der Waals surface area contributed by atoms with E-state index in [9.17, 15) is 9.59 Å². The van der Waals surface area contributed by atoms with Gasteiger partial charge in [-0.1, -0.05) is 6.42 Å². The van der Waals surface area contributed by atoms with Gasteiger partial charge in [0.05, 0.1) is 11.0 Å². The fourth-order valence-electron chi connectivity index (χ4n) is 2.91. The Bertz CT molecular complexity index is 679. The maximum atomic E-state index is 12.6. The monoisotopic (exact) mass is 259 g/mol. The quantitative estimate of drug-likeness (QED) is 0.727. The van der Waals surface area contributed by atoms with Gasteiger partial charge in [-0.25, -0.2) is 4.79 Å². The molecule has 1 saturated carbocycles. The molecule has 1 aromatic heterocycles. The van der Waals surface area contributed by atoms with Gasteiger partial charge in [0.15, 0.2) is 5.78 Å². The van der Waals surface area contributed by atoms with Gasteiger partial charge in [-0.2, -0.15) is 0 Å². The number of Topliss-reactive ketones (excluding diaryl/α,β-unsaturated/α-hetero) is 1. The topological polar surface area (TPSA) is 77.8 Å². The summed E-state index contributed by atoms with van der Waals surface area (Å²) in [7, 11) is 1.88. The molecule has 3 N–H and O–H groups in total. The lowest BCUT2D eigenvalue weighted by atomic mass is 9.64. The van der Waals surface area contributed by atoms with Gasteiger partial charge in [-0.05, 0) is 38.1 Å². The molecule has 2 aromatic rings. The van der Waals surface area contributed by atoms with E-state index in [-0.39, 0.29) is 16.9 Å². The summed E-state index contributed by atoms with van der Waals surface area (Å²) < 4.78 is 0. The van der Waals surface area contributed by atoms with Crippen molar-refractivity contribution >= 4 is 16.8 Å². The Balaban J connectivity index is 1.98. The van der Waals surface area contributed by atoms with E-state index in [4.69, 9.17) is 0 Å². The summed E-state index contributed by atoms with van der Waals surface area (Å²) in [6.45, 7) is 0.716. The van der Waals surface area contributed by atoms with E-state index in [0.29, 0.717) is 17.6 Å². The van der Waals surface area contributed by atoms with Gasteiger partial charge in [0.2, 0.25) is 0 Å². The highest BCUT2D eigenvalue weighted by Gasteiger charge is 2.43. The fraction of sp³-hybridized carbons (Fsp3) is 0.429. The first-order chi connectivity index (χ1) is 9.14. The maximum absolute atomic E-state index is 12.6. The molecule has 1 aromatic carbocycles. The molecule has 0 radical (unpaired) electrons. The zero-order chi connectivity index (χ0) is 13.5. The van der Waals surface area contributed by atoms with E-state index in [0.717, 1.165) is 24.8 Å². The molecule has 0 spiro atoms. The second kappa shape index (κ2) is 4.35. The number of nitrogens with one attached hydrogen (secondary N) is 3. The number of H-pyrrole nitrogens is 2. The summed E-state index contributed by atoms with van der Waals surface area (Å²) >= 11 is 0. The van der Waals surface area contributed by atoms with Crippen LogP contribution in [-0.4, -0.2) is 29.3 Å².